The molecule has 1 unspecified atom stereocenters. The minimum atomic E-state index is -0.509. The first-order valence-corrected chi connectivity index (χ1v) is 6.29. The van der Waals surface area contributed by atoms with Crippen LogP contribution in [0.4, 0.5) is 5.69 Å². The van der Waals surface area contributed by atoms with E-state index in [1.807, 2.05) is 0 Å². The van der Waals surface area contributed by atoms with E-state index in [9.17, 15) is 4.79 Å². The Morgan fingerprint density at radius 1 is 1.61 bits per heavy atom. The van der Waals surface area contributed by atoms with Crippen molar-refractivity contribution in [2.45, 2.75) is 13.0 Å². The molecule has 2 heterocycles. The number of aromatic nitrogens is 1. The van der Waals surface area contributed by atoms with Crippen molar-refractivity contribution in [2.75, 3.05) is 25.0 Å². The minimum absolute atomic E-state index is 0.178. The molecule has 0 radical (unpaired) electrons. The van der Waals surface area contributed by atoms with Crippen LogP contribution in [0.1, 0.15) is 5.56 Å². The molecule has 1 aromatic heterocycles. The monoisotopic (exact) mass is 289 g/mol. The lowest BCUT2D eigenvalue weighted by atomic mass is 10.2. The van der Waals surface area contributed by atoms with Crippen molar-refractivity contribution >= 4 is 34.8 Å². The summed E-state index contributed by atoms with van der Waals surface area (Å²) >= 11 is 11.7. The molecular weight excluding hydrogens is 277 g/mol. The average Bonchev–Trinajstić information content (AvgIpc) is 2.34. The maximum Gasteiger partial charge on any atom is 0.254 e. The molecule has 0 aliphatic carbocycles. The number of anilines is 1. The molecule has 0 saturated carbocycles. The van der Waals surface area contributed by atoms with Crippen molar-refractivity contribution < 1.29 is 9.53 Å². The standard InChI is InChI=1S/C11H13Cl2N3O2/c1-6-4-8(12)15-10(13)9(6)16-11(17)7-5-14-2-3-18-7/h4,7,14H,2-3,5H2,1H3,(H,16,17). The summed E-state index contributed by atoms with van der Waals surface area (Å²) in [6.45, 7) is 3.56. The Labute approximate surface area is 115 Å². The predicted octanol–water partition coefficient (Wildman–Crippen LogP) is 1.62. The fourth-order valence-electron chi connectivity index (χ4n) is 1.68. The Bertz CT molecular complexity index is 439. The van der Waals surface area contributed by atoms with E-state index >= 15 is 0 Å². The number of carbonyl (C=O) groups is 1. The van der Waals surface area contributed by atoms with Crippen LogP contribution in [0, 0.1) is 6.92 Å². The molecule has 0 spiro atoms. The zero-order chi connectivity index (χ0) is 13.1. The Hall–Kier alpha value is -0.880. The average molecular weight is 290 g/mol. The van der Waals surface area contributed by atoms with Crippen LogP contribution in [0.3, 0.4) is 0 Å². The summed E-state index contributed by atoms with van der Waals surface area (Å²) in [4.78, 5) is 15.9. The molecular formula is C11H13Cl2N3O2. The Balaban J connectivity index is 2.11. The highest BCUT2D eigenvalue weighted by Gasteiger charge is 2.23. The maximum atomic E-state index is 12.0. The third-order valence-corrected chi connectivity index (χ3v) is 3.08. The highest BCUT2D eigenvalue weighted by atomic mass is 35.5. The number of nitrogens with one attached hydrogen (secondary N) is 2. The summed E-state index contributed by atoms with van der Waals surface area (Å²) in [6, 6.07) is 1.64. The number of rotatable bonds is 2. The molecule has 0 bridgehead atoms. The first-order chi connectivity index (χ1) is 8.58. The molecule has 1 aliphatic rings. The molecule has 2 rings (SSSR count). The van der Waals surface area contributed by atoms with Gasteiger partial charge in [0, 0.05) is 13.1 Å². The van der Waals surface area contributed by atoms with Crippen LogP contribution in [0.15, 0.2) is 6.07 Å². The Morgan fingerprint density at radius 3 is 3.00 bits per heavy atom. The van der Waals surface area contributed by atoms with Crippen LogP contribution in [0.2, 0.25) is 10.3 Å². The summed E-state index contributed by atoms with van der Waals surface area (Å²) in [5.74, 6) is -0.240. The van der Waals surface area contributed by atoms with Crippen molar-refractivity contribution in [3.05, 3.63) is 21.9 Å². The van der Waals surface area contributed by atoms with E-state index in [4.69, 9.17) is 27.9 Å². The third kappa shape index (κ3) is 3.11. The van der Waals surface area contributed by atoms with Gasteiger partial charge in [0.25, 0.3) is 5.91 Å². The van der Waals surface area contributed by atoms with Crippen molar-refractivity contribution in [3.63, 3.8) is 0 Å². The van der Waals surface area contributed by atoms with E-state index in [2.05, 4.69) is 15.6 Å². The quantitative estimate of drug-likeness (QED) is 0.813. The van der Waals surface area contributed by atoms with Crippen molar-refractivity contribution in [3.8, 4) is 0 Å². The largest absolute Gasteiger partial charge is 0.366 e. The van der Waals surface area contributed by atoms with E-state index in [1.165, 1.54) is 0 Å². The molecule has 1 amide bonds. The minimum Gasteiger partial charge on any atom is -0.366 e. The molecule has 1 atom stereocenters. The van der Waals surface area contributed by atoms with Gasteiger partial charge in [-0.2, -0.15) is 0 Å². The van der Waals surface area contributed by atoms with Gasteiger partial charge in [0.2, 0.25) is 0 Å². The molecule has 1 fully saturated rings. The molecule has 18 heavy (non-hydrogen) atoms. The second-order valence-electron chi connectivity index (χ2n) is 3.98. The van der Waals surface area contributed by atoms with Gasteiger partial charge >= 0.3 is 0 Å². The van der Waals surface area contributed by atoms with Crippen LogP contribution in [0.25, 0.3) is 0 Å². The number of halogens is 2. The lowest BCUT2D eigenvalue weighted by molar-refractivity contribution is -0.128. The Kier molecular flexibility index (Phi) is 4.40. The van der Waals surface area contributed by atoms with E-state index in [1.54, 1.807) is 13.0 Å². The zero-order valence-electron chi connectivity index (χ0n) is 9.80. The van der Waals surface area contributed by atoms with E-state index < -0.39 is 6.10 Å². The topological polar surface area (TPSA) is 63.2 Å². The van der Waals surface area contributed by atoms with Gasteiger partial charge in [-0.05, 0) is 18.6 Å². The SMILES string of the molecule is Cc1cc(Cl)nc(Cl)c1NC(=O)C1CNCCO1. The number of ether oxygens (including phenoxy) is 1. The predicted molar refractivity (Wildman–Crippen MR) is 70.2 cm³/mol. The van der Waals surface area contributed by atoms with Crippen molar-refractivity contribution in [1.82, 2.24) is 10.3 Å². The third-order valence-electron chi connectivity index (χ3n) is 2.61. The summed E-state index contributed by atoms with van der Waals surface area (Å²) in [7, 11) is 0. The van der Waals surface area contributed by atoms with Gasteiger partial charge in [0.05, 0.1) is 12.3 Å². The summed E-state index contributed by atoms with van der Waals surface area (Å²) in [5.41, 5.74) is 1.23. The number of morpholine rings is 1. The number of aryl methyl sites for hydroxylation is 1. The number of hydrogen-bond acceptors (Lipinski definition) is 4. The van der Waals surface area contributed by atoms with Gasteiger partial charge in [-0.1, -0.05) is 23.2 Å². The second-order valence-corrected chi connectivity index (χ2v) is 4.73. The van der Waals surface area contributed by atoms with E-state index in [0.717, 1.165) is 12.1 Å². The molecule has 1 aromatic rings. The molecule has 7 heteroatoms. The van der Waals surface area contributed by atoms with Crippen molar-refractivity contribution in [1.29, 1.82) is 0 Å². The number of nitrogens with zero attached hydrogens (tertiary/aromatic N) is 1. The van der Waals surface area contributed by atoms with Gasteiger partial charge in [-0.3, -0.25) is 4.79 Å². The molecule has 0 aromatic carbocycles. The number of amides is 1. The van der Waals surface area contributed by atoms with Gasteiger partial charge in [-0.15, -0.1) is 0 Å². The summed E-state index contributed by atoms with van der Waals surface area (Å²) < 4.78 is 5.35. The lowest BCUT2D eigenvalue weighted by Crippen LogP contribution is -2.45. The van der Waals surface area contributed by atoms with Crippen LogP contribution in [-0.2, 0) is 9.53 Å². The zero-order valence-corrected chi connectivity index (χ0v) is 11.3. The van der Waals surface area contributed by atoms with Crippen molar-refractivity contribution in [2.24, 2.45) is 0 Å². The summed E-state index contributed by atoms with van der Waals surface area (Å²) in [6.07, 6.45) is -0.509. The van der Waals surface area contributed by atoms with E-state index in [-0.39, 0.29) is 11.1 Å². The normalized spacial score (nSPS) is 19.6. The summed E-state index contributed by atoms with van der Waals surface area (Å²) in [5, 5.41) is 6.28. The first-order valence-electron chi connectivity index (χ1n) is 5.54. The van der Waals surface area contributed by atoms with Gasteiger partial charge in [0.15, 0.2) is 5.15 Å². The highest BCUT2D eigenvalue weighted by Crippen LogP contribution is 2.26. The van der Waals surface area contributed by atoms with Crippen LogP contribution in [-0.4, -0.2) is 36.7 Å². The molecule has 5 nitrogen and oxygen atoms in total. The molecule has 2 N–H and O–H groups in total. The highest BCUT2D eigenvalue weighted by molar-refractivity contribution is 6.34. The Morgan fingerprint density at radius 2 is 2.39 bits per heavy atom. The molecule has 1 saturated heterocycles. The number of hydrogen-bond donors (Lipinski definition) is 2. The number of carbonyl (C=O) groups excluding carboxylic acids is 1. The van der Waals surface area contributed by atoms with Gasteiger partial charge < -0.3 is 15.4 Å². The van der Waals surface area contributed by atoms with Crippen LogP contribution >= 0.6 is 23.2 Å². The van der Waals surface area contributed by atoms with Crippen LogP contribution < -0.4 is 10.6 Å². The molecule has 1 aliphatic heterocycles. The number of pyridine rings is 1. The smallest absolute Gasteiger partial charge is 0.254 e. The molecule has 98 valence electrons. The van der Waals surface area contributed by atoms with Crippen LogP contribution in [0.5, 0.6) is 0 Å². The second kappa shape index (κ2) is 5.84. The first kappa shape index (κ1) is 13.5. The lowest BCUT2D eigenvalue weighted by Gasteiger charge is -2.23. The van der Waals surface area contributed by atoms with E-state index in [0.29, 0.717) is 24.0 Å². The van der Waals surface area contributed by atoms with Gasteiger partial charge in [0.1, 0.15) is 11.3 Å². The maximum absolute atomic E-state index is 12.0. The fourth-order valence-corrected chi connectivity index (χ4v) is 2.26. The van der Waals surface area contributed by atoms with Gasteiger partial charge in [-0.25, -0.2) is 4.98 Å². The fraction of sp³-hybridized carbons (Fsp3) is 0.455.